The lowest BCUT2D eigenvalue weighted by Crippen LogP contribution is -2.21. The molecule has 0 radical (unpaired) electrons. The van der Waals surface area contributed by atoms with Gasteiger partial charge in [0, 0.05) is 42.4 Å². The van der Waals surface area contributed by atoms with Crippen LogP contribution in [0.2, 0.25) is 10.0 Å². The molecule has 0 saturated heterocycles. The van der Waals surface area contributed by atoms with Crippen molar-refractivity contribution in [3.63, 3.8) is 0 Å². The van der Waals surface area contributed by atoms with E-state index in [0.717, 1.165) is 11.1 Å². The molecule has 3 rings (SSSR count). The monoisotopic (exact) mass is 511 g/mol. The zero-order valence-corrected chi connectivity index (χ0v) is 20.2. The Balaban J connectivity index is 0.00000385. The van der Waals surface area contributed by atoms with E-state index in [4.69, 9.17) is 32.7 Å². The SMILES string of the molecule is COc1cc(CNCCNc2ccc([N+](=O)[O-])cc2Cl)ccc1OCc1ccccc1Cl.Cl. The van der Waals surface area contributed by atoms with Crippen LogP contribution in [0.25, 0.3) is 0 Å². The van der Waals surface area contributed by atoms with Gasteiger partial charge in [0.2, 0.25) is 0 Å². The minimum atomic E-state index is -0.474. The molecule has 0 saturated carbocycles. The first-order valence-electron chi connectivity index (χ1n) is 9.89. The highest BCUT2D eigenvalue weighted by molar-refractivity contribution is 6.33. The number of nitrogens with one attached hydrogen (secondary N) is 2. The number of nitro groups is 1. The molecule has 0 unspecified atom stereocenters. The van der Waals surface area contributed by atoms with E-state index in [1.54, 1.807) is 13.2 Å². The summed E-state index contributed by atoms with van der Waals surface area (Å²) in [5.74, 6) is 1.29. The van der Waals surface area contributed by atoms with E-state index in [9.17, 15) is 10.1 Å². The highest BCUT2D eigenvalue weighted by Crippen LogP contribution is 2.30. The first-order chi connectivity index (χ1) is 15.5. The molecule has 0 aliphatic rings. The zero-order chi connectivity index (χ0) is 22.9. The van der Waals surface area contributed by atoms with Gasteiger partial charge in [0.1, 0.15) is 6.61 Å². The van der Waals surface area contributed by atoms with Crippen molar-refractivity contribution in [1.29, 1.82) is 0 Å². The molecule has 0 aromatic heterocycles. The molecule has 2 N–H and O–H groups in total. The number of halogens is 3. The third-order valence-corrected chi connectivity index (χ3v) is 5.36. The third-order valence-electron chi connectivity index (χ3n) is 4.68. The molecule has 0 atom stereocenters. The van der Waals surface area contributed by atoms with E-state index in [1.165, 1.54) is 12.1 Å². The first-order valence-corrected chi connectivity index (χ1v) is 10.6. The van der Waals surface area contributed by atoms with Gasteiger partial charge in [-0.15, -0.1) is 12.4 Å². The number of ether oxygens (including phenoxy) is 2. The van der Waals surface area contributed by atoms with Crippen molar-refractivity contribution < 1.29 is 14.4 Å². The summed E-state index contributed by atoms with van der Waals surface area (Å²) in [6, 6.07) is 17.7. The fourth-order valence-corrected chi connectivity index (χ4v) is 3.42. The van der Waals surface area contributed by atoms with Crippen LogP contribution < -0.4 is 20.1 Å². The van der Waals surface area contributed by atoms with E-state index in [2.05, 4.69) is 10.6 Å². The first kappa shape index (κ1) is 26.5. The summed E-state index contributed by atoms with van der Waals surface area (Å²) in [6.07, 6.45) is 0. The Kier molecular flexibility index (Phi) is 10.5. The van der Waals surface area contributed by atoms with Gasteiger partial charge in [-0.2, -0.15) is 0 Å². The number of benzene rings is 3. The lowest BCUT2D eigenvalue weighted by molar-refractivity contribution is -0.384. The number of hydrogen-bond acceptors (Lipinski definition) is 6. The quantitative estimate of drug-likeness (QED) is 0.183. The molecule has 0 aliphatic heterocycles. The minimum Gasteiger partial charge on any atom is -0.493 e. The van der Waals surface area contributed by atoms with Crippen LogP contribution in [0.3, 0.4) is 0 Å². The largest absolute Gasteiger partial charge is 0.493 e. The van der Waals surface area contributed by atoms with Crippen LogP contribution in [0, 0.1) is 10.1 Å². The Labute approximate surface area is 208 Å². The molecule has 0 fully saturated rings. The summed E-state index contributed by atoms with van der Waals surface area (Å²) in [5.41, 5.74) is 2.57. The molecule has 176 valence electrons. The average molecular weight is 513 g/mol. The Bertz CT molecular complexity index is 1080. The van der Waals surface area contributed by atoms with Crippen LogP contribution >= 0.6 is 35.6 Å². The predicted molar refractivity (Wildman–Crippen MR) is 134 cm³/mol. The van der Waals surface area contributed by atoms with Crippen molar-refractivity contribution in [2.45, 2.75) is 13.2 Å². The molecule has 0 bridgehead atoms. The van der Waals surface area contributed by atoms with Crippen LogP contribution in [0.4, 0.5) is 11.4 Å². The molecular formula is C23H24Cl3N3O4. The van der Waals surface area contributed by atoms with Crippen molar-refractivity contribution in [2.24, 2.45) is 0 Å². The molecule has 33 heavy (non-hydrogen) atoms. The topological polar surface area (TPSA) is 85.7 Å². The van der Waals surface area contributed by atoms with E-state index in [-0.39, 0.29) is 18.1 Å². The molecule has 10 heteroatoms. The van der Waals surface area contributed by atoms with E-state index < -0.39 is 4.92 Å². The molecule has 0 amide bonds. The Hall–Kier alpha value is -2.71. The summed E-state index contributed by atoms with van der Waals surface area (Å²) >= 11 is 12.3. The highest BCUT2D eigenvalue weighted by Gasteiger charge is 2.10. The number of non-ortho nitro benzene ring substituents is 1. The van der Waals surface area contributed by atoms with Gasteiger partial charge in [-0.05, 0) is 29.8 Å². The van der Waals surface area contributed by atoms with Crippen molar-refractivity contribution in [1.82, 2.24) is 5.32 Å². The summed E-state index contributed by atoms with van der Waals surface area (Å²) in [5, 5.41) is 18.2. The summed E-state index contributed by atoms with van der Waals surface area (Å²) in [6.45, 7) is 2.26. The van der Waals surface area contributed by atoms with E-state index in [0.29, 0.717) is 53.5 Å². The van der Waals surface area contributed by atoms with Gasteiger partial charge in [0.25, 0.3) is 5.69 Å². The number of methoxy groups -OCH3 is 1. The Morgan fingerprint density at radius 3 is 2.45 bits per heavy atom. The van der Waals surface area contributed by atoms with Gasteiger partial charge in [-0.3, -0.25) is 10.1 Å². The summed E-state index contributed by atoms with van der Waals surface area (Å²) in [4.78, 5) is 10.3. The van der Waals surface area contributed by atoms with Crippen LogP contribution in [0.15, 0.2) is 60.7 Å². The van der Waals surface area contributed by atoms with E-state index in [1.807, 2.05) is 42.5 Å². The molecule has 7 nitrogen and oxygen atoms in total. The van der Waals surface area contributed by atoms with Crippen LogP contribution in [-0.4, -0.2) is 25.1 Å². The fourth-order valence-electron chi connectivity index (χ4n) is 2.99. The van der Waals surface area contributed by atoms with Crippen molar-refractivity contribution >= 4 is 47.0 Å². The van der Waals surface area contributed by atoms with Gasteiger partial charge < -0.3 is 20.1 Å². The van der Waals surface area contributed by atoms with Crippen LogP contribution in [0.1, 0.15) is 11.1 Å². The Morgan fingerprint density at radius 1 is 0.970 bits per heavy atom. The van der Waals surface area contributed by atoms with Gasteiger partial charge in [0.05, 0.1) is 22.7 Å². The number of rotatable bonds is 11. The fraction of sp³-hybridized carbons (Fsp3) is 0.217. The maximum Gasteiger partial charge on any atom is 0.271 e. The number of hydrogen-bond donors (Lipinski definition) is 2. The summed E-state index contributed by atoms with van der Waals surface area (Å²) < 4.78 is 11.4. The molecule has 3 aromatic rings. The standard InChI is InChI=1S/C23H23Cl2N3O4.ClH/c1-31-23-12-16(6-9-22(23)32-15-17-4-2-3-5-19(17)24)14-26-10-11-27-21-8-7-18(28(29)30)13-20(21)25;/h2-9,12-13,26-27H,10-11,14-15H2,1H3;1H. The van der Waals surface area contributed by atoms with Crippen molar-refractivity contribution in [2.75, 3.05) is 25.5 Å². The predicted octanol–water partition coefficient (Wildman–Crippen LogP) is 6.11. The highest BCUT2D eigenvalue weighted by atomic mass is 35.5. The second kappa shape index (κ2) is 13.1. The van der Waals surface area contributed by atoms with Crippen LogP contribution in [0.5, 0.6) is 11.5 Å². The Morgan fingerprint density at radius 2 is 1.76 bits per heavy atom. The van der Waals surface area contributed by atoms with Gasteiger partial charge in [0.15, 0.2) is 11.5 Å². The van der Waals surface area contributed by atoms with Gasteiger partial charge in [-0.25, -0.2) is 0 Å². The number of nitro benzene ring substituents is 1. The smallest absolute Gasteiger partial charge is 0.271 e. The molecule has 0 heterocycles. The number of anilines is 1. The van der Waals surface area contributed by atoms with Gasteiger partial charge >= 0.3 is 0 Å². The number of nitrogens with zero attached hydrogens (tertiary/aromatic N) is 1. The van der Waals surface area contributed by atoms with Gasteiger partial charge in [-0.1, -0.05) is 47.5 Å². The molecule has 0 aliphatic carbocycles. The maximum atomic E-state index is 10.8. The molecule has 0 spiro atoms. The molecule has 3 aromatic carbocycles. The lowest BCUT2D eigenvalue weighted by atomic mass is 10.2. The minimum absolute atomic E-state index is 0. The lowest BCUT2D eigenvalue weighted by Gasteiger charge is -2.13. The third kappa shape index (κ3) is 7.68. The summed E-state index contributed by atoms with van der Waals surface area (Å²) in [7, 11) is 1.60. The maximum absolute atomic E-state index is 10.8. The normalized spacial score (nSPS) is 10.3. The van der Waals surface area contributed by atoms with Crippen LogP contribution in [-0.2, 0) is 13.2 Å². The molecular weight excluding hydrogens is 489 g/mol. The van der Waals surface area contributed by atoms with E-state index >= 15 is 0 Å². The van der Waals surface area contributed by atoms with Crippen molar-refractivity contribution in [3.05, 3.63) is 92.0 Å². The average Bonchev–Trinajstić information content (AvgIpc) is 2.79. The van der Waals surface area contributed by atoms with Crippen molar-refractivity contribution in [3.8, 4) is 11.5 Å². The zero-order valence-electron chi connectivity index (χ0n) is 17.8. The second-order valence-electron chi connectivity index (χ2n) is 6.89. The second-order valence-corrected chi connectivity index (χ2v) is 7.70.